The fourth-order valence-electron chi connectivity index (χ4n) is 2.74. The molecule has 24 heavy (non-hydrogen) atoms. The number of hydrogen-bond acceptors (Lipinski definition) is 4. The molecule has 0 saturated heterocycles. The summed E-state index contributed by atoms with van der Waals surface area (Å²) in [5.74, 6) is -3.51. The number of aromatic nitrogens is 2. The van der Waals surface area contributed by atoms with Crippen LogP contribution in [0.1, 0.15) is 41.9 Å². The molecule has 1 aromatic heterocycles. The summed E-state index contributed by atoms with van der Waals surface area (Å²) < 4.78 is 39.1. The SMILES string of the molecule is COC1CC(OC(=O)c2c(F)c(F)nn2[C@H](C)c2ccccc2)C1. The van der Waals surface area contributed by atoms with Gasteiger partial charge in [0.15, 0.2) is 5.69 Å². The van der Waals surface area contributed by atoms with Crippen molar-refractivity contribution in [1.29, 1.82) is 0 Å². The van der Waals surface area contributed by atoms with E-state index in [0.717, 1.165) is 10.2 Å². The van der Waals surface area contributed by atoms with Crippen molar-refractivity contribution in [1.82, 2.24) is 9.78 Å². The zero-order valence-corrected chi connectivity index (χ0v) is 13.4. The highest BCUT2D eigenvalue weighted by Gasteiger charge is 2.35. The van der Waals surface area contributed by atoms with E-state index in [4.69, 9.17) is 9.47 Å². The summed E-state index contributed by atoms with van der Waals surface area (Å²) >= 11 is 0. The van der Waals surface area contributed by atoms with Crippen LogP contribution in [-0.4, -0.2) is 35.1 Å². The van der Waals surface area contributed by atoms with Gasteiger partial charge in [-0.25, -0.2) is 9.48 Å². The van der Waals surface area contributed by atoms with E-state index < -0.39 is 29.5 Å². The fourth-order valence-corrected chi connectivity index (χ4v) is 2.74. The molecule has 1 saturated carbocycles. The van der Waals surface area contributed by atoms with Crippen LogP contribution in [0.2, 0.25) is 0 Å². The van der Waals surface area contributed by atoms with Crippen LogP contribution < -0.4 is 0 Å². The highest BCUT2D eigenvalue weighted by atomic mass is 19.2. The Morgan fingerprint density at radius 2 is 1.92 bits per heavy atom. The molecule has 0 unspecified atom stereocenters. The van der Waals surface area contributed by atoms with Crippen LogP contribution in [-0.2, 0) is 9.47 Å². The van der Waals surface area contributed by atoms with Crippen molar-refractivity contribution in [3.8, 4) is 0 Å². The minimum atomic E-state index is -1.31. The number of carbonyl (C=O) groups excluding carboxylic acids is 1. The maximum atomic E-state index is 14.1. The number of nitrogens with zero attached hydrogens (tertiary/aromatic N) is 2. The summed E-state index contributed by atoms with van der Waals surface area (Å²) in [5, 5.41) is 3.54. The molecule has 1 aliphatic carbocycles. The Bertz CT molecular complexity index is 727. The molecule has 1 fully saturated rings. The van der Waals surface area contributed by atoms with Crippen LogP contribution in [0.15, 0.2) is 30.3 Å². The van der Waals surface area contributed by atoms with Crippen LogP contribution in [0.4, 0.5) is 8.78 Å². The molecule has 0 radical (unpaired) electrons. The molecule has 5 nitrogen and oxygen atoms in total. The molecule has 0 amide bonds. The van der Waals surface area contributed by atoms with Gasteiger partial charge in [-0.2, -0.15) is 8.78 Å². The zero-order chi connectivity index (χ0) is 17.3. The van der Waals surface area contributed by atoms with Gasteiger partial charge in [0.05, 0.1) is 12.1 Å². The Morgan fingerprint density at radius 3 is 2.54 bits per heavy atom. The average Bonchev–Trinajstić information content (AvgIpc) is 2.86. The predicted octanol–water partition coefficient (Wildman–Crippen LogP) is 3.10. The lowest BCUT2D eigenvalue weighted by Crippen LogP contribution is -2.38. The van der Waals surface area contributed by atoms with Crippen molar-refractivity contribution in [3.05, 3.63) is 53.4 Å². The maximum Gasteiger partial charge on any atom is 0.360 e. The molecule has 1 heterocycles. The first-order valence-electron chi connectivity index (χ1n) is 7.73. The van der Waals surface area contributed by atoms with Crippen molar-refractivity contribution in [2.45, 2.75) is 38.0 Å². The third kappa shape index (κ3) is 3.03. The Kier molecular flexibility index (Phi) is 4.62. The van der Waals surface area contributed by atoms with Gasteiger partial charge in [0.25, 0.3) is 5.95 Å². The van der Waals surface area contributed by atoms with Crippen molar-refractivity contribution in [2.24, 2.45) is 0 Å². The van der Waals surface area contributed by atoms with Gasteiger partial charge < -0.3 is 9.47 Å². The number of rotatable bonds is 5. The molecule has 128 valence electrons. The molecule has 0 bridgehead atoms. The van der Waals surface area contributed by atoms with E-state index in [-0.39, 0.29) is 12.2 Å². The molecule has 0 spiro atoms. The Hall–Kier alpha value is -2.28. The number of benzene rings is 1. The normalized spacial score (nSPS) is 21.2. The van der Waals surface area contributed by atoms with Crippen LogP contribution in [0, 0.1) is 11.8 Å². The second-order valence-electron chi connectivity index (χ2n) is 5.84. The smallest absolute Gasteiger partial charge is 0.360 e. The maximum absolute atomic E-state index is 14.1. The summed E-state index contributed by atoms with van der Waals surface area (Å²) in [4.78, 5) is 12.3. The van der Waals surface area contributed by atoms with Crippen molar-refractivity contribution in [2.75, 3.05) is 7.11 Å². The van der Waals surface area contributed by atoms with Gasteiger partial charge >= 0.3 is 5.97 Å². The van der Waals surface area contributed by atoms with E-state index in [1.54, 1.807) is 38.3 Å². The second-order valence-corrected chi connectivity index (χ2v) is 5.84. The van der Waals surface area contributed by atoms with Gasteiger partial charge in [0, 0.05) is 20.0 Å². The van der Waals surface area contributed by atoms with E-state index >= 15 is 0 Å². The number of esters is 1. The first-order valence-corrected chi connectivity index (χ1v) is 7.73. The minimum absolute atomic E-state index is 0.0394. The molecular weight excluding hydrogens is 318 g/mol. The Labute approximate surface area is 138 Å². The first kappa shape index (κ1) is 16.6. The highest BCUT2D eigenvalue weighted by Crippen LogP contribution is 2.28. The van der Waals surface area contributed by atoms with Crippen LogP contribution >= 0.6 is 0 Å². The summed E-state index contributed by atoms with van der Waals surface area (Å²) in [7, 11) is 1.58. The second kappa shape index (κ2) is 6.68. The fraction of sp³-hybridized carbons (Fsp3) is 0.412. The lowest BCUT2D eigenvalue weighted by molar-refractivity contribution is -0.0648. The van der Waals surface area contributed by atoms with Gasteiger partial charge in [0.1, 0.15) is 6.10 Å². The average molecular weight is 336 g/mol. The van der Waals surface area contributed by atoms with Crippen LogP contribution in [0.3, 0.4) is 0 Å². The van der Waals surface area contributed by atoms with Gasteiger partial charge in [-0.15, -0.1) is 5.10 Å². The number of methoxy groups -OCH3 is 1. The number of hydrogen-bond donors (Lipinski definition) is 0. The van der Waals surface area contributed by atoms with E-state index in [2.05, 4.69) is 5.10 Å². The standard InChI is InChI=1S/C17H18F2N2O3/c1-10(11-6-4-3-5-7-11)21-15(14(18)16(19)20-21)17(22)24-13-8-12(9-13)23-2/h3-7,10,12-13H,8-9H2,1-2H3/t10-,12?,13?/m1/s1. The number of carbonyl (C=O) groups is 1. The summed E-state index contributed by atoms with van der Waals surface area (Å²) in [5.41, 5.74) is 0.280. The van der Waals surface area contributed by atoms with E-state index in [0.29, 0.717) is 12.8 Å². The number of ether oxygens (including phenoxy) is 2. The summed E-state index contributed by atoms with van der Waals surface area (Å²) in [6.07, 6.45) is 0.793. The predicted molar refractivity (Wildman–Crippen MR) is 81.6 cm³/mol. The molecule has 1 aliphatic rings. The lowest BCUT2D eigenvalue weighted by atomic mass is 9.92. The Balaban J connectivity index is 1.84. The molecule has 1 atom stereocenters. The lowest BCUT2D eigenvalue weighted by Gasteiger charge is -2.33. The highest BCUT2D eigenvalue weighted by molar-refractivity contribution is 5.88. The van der Waals surface area contributed by atoms with Crippen LogP contribution in [0.5, 0.6) is 0 Å². The van der Waals surface area contributed by atoms with Gasteiger partial charge in [-0.1, -0.05) is 30.3 Å². The molecule has 0 N–H and O–H groups in total. The minimum Gasteiger partial charge on any atom is -0.457 e. The number of halogens is 2. The van der Waals surface area contributed by atoms with Crippen molar-refractivity contribution < 1.29 is 23.0 Å². The van der Waals surface area contributed by atoms with Crippen LogP contribution in [0.25, 0.3) is 0 Å². The molecule has 1 aromatic carbocycles. The Morgan fingerprint density at radius 1 is 1.25 bits per heavy atom. The topological polar surface area (TPSA) is 53.4 Å². The molecule has 2 aromatic rings. The molecular formula is C17H18F2N2O3. The third-order valence-electron chi connectivity index (χ3n) is 4.31. The van der Waals surface area contributed by atoms with Crippen molar-refractivity contribution in [3.63, 3.8) is 0 Å². The third-order valence-corrected chi connectivity index (χ3v) is 4.31. The molecule has 0 aliphatic heterocycles. The monoisotopic (exact) mass is 336 g/mol. The van der Waals surface area contributed by atoms with E-state index in [1.165, 1.54) is 0 Å². The van der Waals surface area contributed by atoms with E-state index in [1.807, 2.05) is 6.07 Å². The molecule has 7 heteroatoms. The first-order chi connectivity index (χ1) is 11.5. The molecule has 3 rings (SSSR count). The zero-order valence-electron chi connectivity index (χ0n) is 13.4. The van der Waals surface area contributed by atoms with Gasteiger partial charge in [-0.05, 0) is 12.5 Å². The summed E-state index contributed by atoms with van der Waals surface area (Å²) in [6.45, 7) is 1.71. The summed E-state index contributed by atoms with van der Waals surface area (Å²) in [6, 6.07) is 8.52. The van der Waals surface area contributed by atoms with Gasteiger partial charge in [-0.3, -0.25) is 0 Å². The quantitative estimate of drug-likeness (QED) is 0.787. The largest absolute Gasteiger partial charge is 0.457 e. The van der Waals surface area contributed by atoms with Gasteiger partial charge in [0.2, 0.25) is 5.82 Å². The van der Waals surface area contributed by atoms with E-state index in [9.17, 15) is 13.6 Å². The van der Waals surface area contributed by atoms with Crippen molar-refractivity contribution >= 4 is 5.97 Å².